The summed E-state index contributed by atoms with van der Waals surface area (Å²) in [5, 5.41) is 13.2. The van der Waals surface area contributed by atoms with Crippen LogP contribution in [-0.4, -0.2) is 49.2 Å². The largest absolute Gasteiger partial charge is 0.388 e. The Bertz CT molecular complexity index is 203. The van der Waals surface area contributed by atoms with Gasteiger partial charge in [0.05, 0.1) is 25.4 Å². The Morgan fingerprint density at radius 2 is 1.83 bits per heavy atom. The smallest absolute Gasteiger partial charge is 0.101 e. The Balaban J connectivity index is 2.06. The standard InChI is InChI=1S/C14H29NO3/c1-4-15-12-5-7-14(8-6-12)18-10-13(16)9-17-11(2)3/h11-16H,4-10H2,1-3H3. The van der Waals surface area contributed by atoms with Crippen molar-refractivity contribution in [1.82, 2.24) is 5.32 Å². The third-order valence-corrected chi connectivity index (χ3v) is 3.31. The van der Waals surface area contributed by atoms with Gasteiger partial charge in [0, 0.05) is 6.04 Å². The fourth-order valence-electron chi connectivity index (χ4n) is 2.32. The van der Waals surface area contributed by atoms with Gasteiger partial charge in [-0.25, -0.2) is 0 Å². The Hall–Kier alpha value is -0.160. The van der Waals surface area contributed by atoms with E-state index in [1.807, 2.05) is 13.8 Å². The van der Waals surface area contributed by atoms with Crippen molar-refractivity contribution in [3.05, 3.63) is 0 Å². The quantitative estimate of drug-likeness (QED) is 0.697. The zero-order chi connectivity index (χ0) is 13.4. The van der Waals surface area contributed by atoms with E-state index >= 15 is 0 Å². The maximum Gasteiger partial charge on any atom is 0.101 e. The third-order valence-electron chi connectivity index (χ3n) is 3.31. The molecule has 1 aliphatic carbocycles. The van der Waals surface area contributed by atoms with Gasteiger partial charge in [-0.3, -0.25) is 0 Å². The lowest BCUT2D eigenvalue weighted by Gasteiger charge is -2.29. The van der Waals surface area contributed by atoms with Crippen molar-refractivity contribution in [1.29, 1.82) is 0 Å². The number of nitrogens with one attached hydrogen (secondary N) is 1. The van der Waals surface area contributed by atoms with E-state index in [0.717, 1.165) is 19.4 Å². The van der Waals surface area contributed by atoms with Gasteiger partial charge in [0.2, 0.25) is 0 Å². The Morgan fingerprint density at radius 1 is 1.17 bits per heavy atom. The van der Waals surface area contributed by atoms with Crippen LogP contribution in [0.2, 0.25) is 0 Å². The van der Waals surface area contributed by atoms with Crippen LogP contribution in [0.1, 0.15) is 46.5 Å². The molecule has 1 rings (SSSR count). The summed E-state index contributed by atoms with van der Waals surface area (Å²) in [4.78, 5) is 0. The number of hydrogen-bond donors (Lipinski definition) is 2. The minimum atomic E-state index is -0.501. The van der Waals surface area contributed by atoms with Crippen LogP contribution < -0.4 is 5.32 Å². The van der Waals surface area contributed by atoms with Crippen molar-refractivity contribution in [3.63, 3.8) is 0 Å². The Morgan fingerprint density at radius 3 is 2.39 bits per heavy atom. The number of aliphatic hydroxyl groups excluding tert-OH is 1. The van der Waals surface area contributed by atoms with E-state index in [1.165, 1.54) is 12.8 Å². The second-order valence-electron chi connectivity index (χ2n) is 5.40. The zero-order valence-electron chi connectivity index (χ0n) is 12.0. The molecule has 0 aromatic heterocycles. The Labute approximate surface area is 111 Å². The molecule has 0 aromatic rings. The van der Waals surface area contributed by atoms with Crippen molar-refractivity contribution in [2.24, 2.45) is 0 Å². The molecule has 0 bridgehead atoms. The molecule has 0 amide bonds. The number of aliphatic hydroxyl groups is 1. The van der Waals surface area contributed by atoms with Gasteiger partial charge in [0.25, 0.3) is 0 Å². The summed E-state index contributed by atoms with van der Waals surface area (Å²) in [7, 11) is 0. The lowest BCUT2D eigenvalue weighted by Crippen LogP contribution is -2.36. The Kier molecular flexibility index (Phi) is 7.82. The first-order chi connectivity index (χ1) is 8.61. The number of rotatable bonds is 8. The summed E-state index contributed by atoms with van der Waals surface area (Å²) in [5.74, 6) is 0. The lowest BCUT2D eigenvalue weighted by molar-refractivity contribution is -0.0639. The molecule has 0 spiro atoms. The van der Waals surface area contributed by atoms with Gasteiger partial charge in [0.15, 0.2) is 0 Å². The minimum Gasteiger partial charge on any atom is -0.388 e. The van der Waals surface area contributed by atoms with Crippen molar-refractivity contribution < 1.29 is 14.6 Å². The van der Waals surface area contributed by atoms with Gasteiger partial charge in [-0.1, -0.05) is 6.92 Å². The fraction of sp³-hybridized carbons (Fsp3) is 1.00. The van der Waals surface area contributed by atoms with Crippen molar-refractivity contribution in [3.8, 4) is 0 Å². The molecule has 18 heavy (non-hydrogen) atoms. The molecule has 0 aromatic carbocycles. The molecule has 108 valence electrons. The van der Waals surface area contributed by atoms with E-state index in [-0.39, 0.29) is 6.10 Å². The maximum atomic E-state index is 9.70. The average molecular weight is 259 g/mol. The normalized spacial score (nSPS) is 26.5. The molecule has 0 aliphatic heterocycles. The van der Waals surface area contributed by atoms with Crippen LogP contribution in [0.5, 0.6) is 0 Å². The first-order valence-electron chi connectivity index (χ1n) is 7.26. The molecule has 0 heterocycles. The molecule has 1 atom stereocenters. The monoisotopic (exact) mass is 259 g/mol. The lowest BCUT2D eigenvalue weighted by atomic mass is 9.93. The van der Waals surface area contributed by atoms with Crippen molar-refractivity contribution >= 4 is 0 Å². The maximum absolute atomic E-state index is 9.70. The van der Waals surface area contributed by atoms with Gasteiger partial charge in [0.1, 0.15) is 6.10 Å². The van der Waals surface area contributed by atoms with Gasteiger partial charge in [-0.15, -0.1) is 0 Å². The summed E-state index contributed by atoms with van der Waals surface area (Å²) in [6, 6.07) is 0.657. The first-order valence-corrected chi connectivity index (χ1v) is 7.26. The molecular weight excluding hydrogens is 230 g/mol. The van der Waals surface area contributed by atoms with Gasteiger partial charge >= 0.3 is 0 Å². The highest BCUT2D eigenvalue weighted by Gasteiger charge is 2.21. The second-order valence-corrected chi connectivity index (χ2v) is 5.40. The third kappa shape index (κ3) is 6.69. The average Bonchev–Trinajstić information content (AvgIpc) is 2.36. The van der Waals surface area contributed by atoms with Gasteiger partial charge in [-0.2, -0.15) is 0 Å². The van der Waals surface area contributed by atoms with Crippen LogP contribution in [0.25, 0.3) is 0 Å². The van der Waals surface area contributed by atoms with Crippen LogP contribution in [0.15, 0.2) is 0 Å². The van der Waals surface area contributed by atoms with Crippen LogP contribution in [0, 0.1) is 0 Å². The molecule has 4 nitrogen and oxygen atoms in total. The molecule has 1 saturated carbocycles. The molecular formula is C14H29NO3. The summed E-state index contributed by atoms with van der Waals surface area (Å²) < 4.78 is 11.1. The van der Waals surface area contributed by atoms with E-state index in [9.17, 15) is 5.11 Å². The first kappa shape index (κ1) is 15.9. The zero-order valence-corrected chi connectivity index (χ0v) is 12.0. The van der Waals surface area contributed by atoms with Crippen LogP contribution >= 0.6 is 0 Å². The number of hydrogen-bond acceptors (Lipinski definition) is 4. The molecule has 0 saturated heterocycles. The van der Waals surface area contributed by atoms with E-state index in [2.05, 4.69) is 12.2 Å². The van der Waals surface area contributed by atoms with E-state index in [1.54, 1.807) is 0 Å². The fourth-order valence-corrected chi connectivity index (χ4v) is 2.32. The minimum absolute atomic E-state index is 0.162. The van der Waals surface area contributed by atoms with Crippen LogP contribution in [0.4, 0.5) is 0 Å². The predicted octanol–water partition coefficient (Wildman–Crippen LogP) is 1.71. The topological polar surface area (TPSA) is 50.7 Å². The second kappa shape index (κ2) is 8.86. The summed E-state index contributed by atoms with van der Waals surface area (Å²) in [5.41, 5.74) is 0. The number of ether oxygens (including phenoxy) is 2. The van der Waals surface area contributed by atoms with Crippen molar-refractivity contribution in [2.75, 3.05) is 19.8 Å². The predicted molar refractivity (Wildman–Crippen MR) is 72.8 cm³/mol. The van der Waals surface area contributed by atoms with Crippen LogP contribution in [-0.2, 0) is 9.47 Å². The molecule has 4 heteroatoms. The summed E-state index contributed by atoms with van der Waals surface area (Å²) in [6.45, 7) is 7.88. The molecule has 1 unspecified atom stereocenters. The van der Waals surface area contributed by atoms with Gasteiger partial charge < -0.3 is 19.9 Å². The summed E-state index contributed by atoms with van der Waals surface area (Å²) >= 11 is 0. The van der Waals surface area contributed by atoms with E-state index in [4.69, 9.17) is 9.47 Å². The van der Waals surface area contributed by atoms with Gasteiger partial charge in [-0.05, 0) is 46.1 Å². The van der Waals surface area contributed by atoms with Crippen LogP contribution in [0.3, 0.4) is 0 Å². The molecule has 0 radical (unpaired) electrons. The summed E-state index contributed by atoms with van der Waals surface area (Å²) in [6.07, 6.45) is 4.52. The van der Waals surface area contributed by atoms with E-state index in [0.29, 0.717) is 25.4 Å². The van der Waals surface area contributed by atoms with Crippen molar-refractivity contribution in [2.45, 2.75) is 70.8 Å². The SMILES string of the molecule is CCNC1CCC(OCC(O)COC(C)C)CC1. The molecule has 1 fully saturated rings. The highest BCUT2D eigenvalue weighted by Crippen LogP contribution is 2.21. The highest BCUT2D eigenvalue weighted by atomic mass is 16.5. The van der Waals surface area contributed by atoms with E-state index < -0.39 is 6.10 Å². The highest BCUT2D eigenvalue weighted by molar-refractivity contribution is 4.77. The molecule has 2 N–H and O–H groups in total. The molecule has 1 aliphatic rings.